The first-order valence-electron chi connectivity index (χ1n) is 11.4. The normalized spacial score (nSPS) is 15.1. The lowest BCUT2D eigenvalue weighted by Crippen LogP contribution is -2.49. The molecular weight excluding hydrogens is 450 g/mol. The van der Waals surface area contributed by atoms with E-state index in [1.165, 1.54) is 4.90 Å². The van der Waals surface area contributed by atoms with Crippen LogP contribution in [0.4, 0.5) is 5.69 Å². The molecule has 3 aromatic rings. The number of nitrogens with zero attached hydrogens (tertiary/aromatic N) is 3. The highest BCUT2D eigenvalue weighted by Gasteiger charge is 2.31. The van der Waals surface area contributed by atoms with Gasteiger partial charge < -0.3 is 19.7 Å². The van der Waals surface area contributed by atoms with Crippen molar-refractivity contribution in [2.75, 3.05) is 25.2 Å². The molecule has 0 radical (unpaired) electrons. The molecule has 0 spiro atoms. The molecule has 0 unspecified atom stereocenters. The summed E-state index contributed by atoms with van der Waals surface area (Å²) in [5.74, 6) is -0.166. The van der Waals surface area contributed by atoms with Gasteiger partial charge in [-0.1, -0.05) is 36.4 Å². The Morgan fingerprint density at radius 2 is 2.00 bits per heavy atom. The van der Waals surface area contributed by atoms with Crippen molar-refractivity contribution in [2.45, 2.75) is 32.2 Å². The number of fused-ring (bicyclic) bond motifs is 1. The molecule has 2 amide bonds. The Hall–Kier alpha value is -4.21. The van der Waals surface area contributed by atoms with Gasteiger partial charge in [-0.15, -0.1) is 5.10 Å². The third-order valence-corrected chi connectivity index (χ3v) is 5.60. The van der Waals surface area contributed by atoms with Crippen LogP contribution in [-0.2, 0) is 27.2 Å². The highest BCUT2D eigenvalue weighted by atomic mass is 16.5. The smallest absolute Gasteiger partial charge is 0.306 e. The van der Waals surface area contributed by atoms with Gasteiger partial charge in [0.15, 0.2) is 0 Å². The maximum absolute atomic E-state index is 13.1. The summed E-state index contributed by atoms with van der Waals surface area (Å²) >= 11 is 0. The summed E-state index contributed by atoms with van der Waals surface area (Å²) in [6.45, 7) is 2.06. The van der Waals surface area contributed by atoms with Crippen molar-refractivity contribution in [3.63, 3.8) is 0 Å². The Morgan fingerprint density at radius 1 is 1.20 bits per heavy atom. The van der Waals surface area contributed by atoms with E-state index in [2.05, 4.69) is 20.5 Å². The zero-order valence-electron chi connectivity index (χ0n) is 19.6. The fourth-order valence-electron chi connectivity index (χ4n) is 3.77. The fourth-order valence-corrected chi connectivity index (χ4v) is 3.77. The number of anilines is 1. The SMILES string of the molecule is CCOC(=O)CCc1ccc2c(c1)N(C)C(=O)[C@@H](NC(=O)c1n[nH]c(Cc3ccccc3)n1)CO2. The minimum absolute atomic E-state index is 0.0363. The second kappa shape index (κ2) is 10.8. The number of rotatable bonds is 8. The number of aromatic amines is 1. The Kier molecular flexibility index (Phi) is 7.39. The largest absolute Gasteiger partial charge is 0.489 e. The van der Waals surface area contributed by atoms with Gasteiger partial charge >= 0.3 is 5.97 Å². The third-order valence-electron chi connectivity index (χ3n) is 5.60. The molecule has 1 atom stereocenters. The molecule has 2 heterocycles. The average Bonchev–Trinajstić information content (AvgIpc) is 3.30. The summed E-state index contributed by atoms with van der Waals surface area (Å²) in [7, 11) is 1.62. The first-order chi connectivity index (χ1) is 16.9. The van der Waals surface area contributed by atoms with E-state index in [9.17, 15) is 14.4 Å². The number of amides is 2. The summed E-state index contributed by atoms with van der Waals surface area (Å²) in [6, 6.07) is 14.2. The van der Waals surface area contributed by atoms with Crippen molar-refractivity contribution in [2.24, 2.45) is 0 Å². The molecule has 1 aliphatic heterocycles. The number of likely N-dealkylation sites (N-methyl/N-ethyl adjacent to an activating group) is 1. The maximum atomic E-state index is 13.1. The van der Waals surface area contributed by atoms with Crippen LogP contribution in [0.1, 0.15) is 40.9 Å². The van der Waals surface area contributed by atoms with Crippen molar-refractivity contribution < 1.29 is 23.9 Å². The van der Waals surface area contributed by atoms with Gasteiger partial charge in [-0.2, -0.15) is 0 Å². The van der Waals surface area contributed by atoms with Gasteiger partial charge in [0.05, 0.1) is 12.3 Å². The van der Waals surface area contributed by atoms with Crippen molar-refractivity contribution in [1.82, 2.24) is 20.5 Å². The zero-order chi connectivity index (χ0) is 24.8. The fraction of sp³-hybridized carbons (Fsp3) is 0.320. The first kappa shape index (κ1) is 23.9. The van der Waals surface area contributed by atoms with Crippen LogP contribution < -0.4 is 15.0 Å². The van der Waals surface area contributed by atoms with E-state index in [0.29, 0.717) is 36.7 Å². The number of hydrogen-bond acceptors (Lipinski definition) is 7. The standard InChI is InChI=1S/C25H27N5O5/c1-3-34-22(31)12-10-17-9-11-20-19(13-17)30(2)25(33)18(15-35-20)26-24(32)23-27-21(28-29-23)14-16-7-5-4-6-8-16/h4-9,11,13,18H,3,10,12,14-15H2,1-2H3,(H,26,32)(H,27,28,29)/t18-/m0/s1. The van der Waals surface area contributed by atoms with Crippen LogP contribution in [0.2, 0.25) is 0 Å². The van der Waals surface area contributed by atoms with E-state index in [0.717, 1.165) is 11.1 Å². The van der Waals surface area contributed by atoms with Crippen LogP contribution in [0.25, 0.3) is 0 Å². The predicted molar refractivity (Wildman–Crippen MR) is 127 cm³/mol. The molecule has 0 bridgehead atoms. The summed E-state index contributed by atoms with van der Waals surface area (Å²) in [4.78, 5) is 43.2. The monoisotopic (exact) mass is 477 g/mol. The minimum Gasteiger partial charge on any atom is -0.489 e. The Morgan fingerprint density at radius 3 is 2.77 bits per heavy atom. The van der Waals surface area contributed by atoms with Gasteiger partial charge in [-0.3, -0.25) is 19.5 Å². The highest BCUT2D eigenvalue weighted by Crippen LogP contribution is 2.32. The predicted octanol–water partition coefficient (Wildman–Crippen LogP) is 2.04. The quantitative estimate of drug-likeness (QED) is 0.476. The number of aryl methyl sites for hydroxylation is 1. The van der Waals surface area contributed by atoms with E-state index in [-0.39, 0.29) is 30.7 Å². The molecule has 35 heavy (non-hydrogen) atoms. The number of H-pyrrole nitrogens is 1. The van der Waals surface area contributed by atoms with Crippen molar-refractivity contribution in [3.05, 3.63) is 71.3 Å². The number of nitrogens with one attached hydrogen (secondary N) is 2. The molecular formula is C25H27N5O5. The average molecular weight is 478 g/mol. The van der Waals surface area contributed by atoms with Crippen molar-refractivity contribution in [1.29, 1.82) is 0 Å². The number of benzene rings is 2. The summed E-state index contributed by atoms with van der Waals surface area (Å²) in [5.41, 5.74) is 2.47. The van der Waals surface area contributed by atoms with E-state index in [4.69, 9.17) is 9.47 Å². The van der Waals surface area contributed by atoms with Crippen LogP contribution in [0.3, 0.4) is 0 Å². The van der Waals surface area contributed by atoms with Crippen molar-refractivity contribution in [3.8, 4) is 5.75 Å². The molecule has 0 aliphatic carbocycles. The Labute approximate surface area is 202 Å². The van der Waals surface area contributed by atoms with Crippen LogP contribution in [0, 0.1) is 0 Å². The van der Waals surface area contributed by atoms with Gasteiger partial charge in [0, 0.05) is 19.9 Å². The number of esters is 1. The zero-order valence-corrected chi connectivity index (χ0v) is 19.6. The van der Waals surface area contributed by atoms with Crippen LogP contribution in [0.5, 0.6) is 5.75 Å². The molecule has 0 saturated carbocycles. The van der Waals surface area contributed by atoms with Gasteiger partial charge in [0.25, 0.3) is 11.8 Å². The van der Waals surface area contributed by atoms with Gasteiger partial charge in [0.1, 0.15) is 24.2 Å². The van der Waals surface area contributed by atoms with Crippen molar-refractivity contribution >= 4 is 23.5 Å². The van der Waals surface area contributed by atoms with Gasteiger partial charge in [-0.25, -0.2) is 4.98 Å². The molecule has 4 rings (SSSR count). The third kappa shape index (κ3) is 5.84. The van der Waals surface area contributed by atoms with Gasteiger partial charge in [-0.05, 0) is 36.6 Å². The Balaban J connectivity index is 1.40. The number of hydrogen-bond donors (Lipinski definition) is 2. The first-order valence-corrected chi connectivity index (χ1v) is 11.4. The van der Waals surface area contributed by atoms with Crippen LogP contribution >= 0.6 is 0 Å². The van der Waals surface area contributed by atoms with E-state index >= 15 is 0 Å². The molecule has 2 N–H and O–H groups in total. The summed E-state index contributed by atoms with van der Waals surface area (Å²) < 4.78 is 10.8. The lowest BCUT2D eigenvalue weighted by Gasteiger charge is -2.20. The molecule has 1 aromatic heterocycles. The summed E-state index contributed by atoms with van der Waals surface area (Å²) in [5, 5.41) is 9.44. The van der Waals surface area contributed by atoms with E-state index in [1.807, 2.05) is 42.5 Å². The van der Waals surface area contributed by atoms with E-state index in [1.54, 1.807) is 20.0 Å². The second-order valence-electron chi connectivity index (χ2n) is 8.11. The molecule has 182 valence electrons. The lowest BCUT2D eigenvalue weighted by molar-refractivity contribution is -0.143. The molecule has 1 aliphatic rings. The van der Waals surface area contributed by atoms with Gasteiger partial charge in [0.2, 0.25) is 5.82 Å². The minimum atomic E-state index is -0.918. The number of carbonyl (C=O) groups excluding carboxylic acids is 3. The topological polar surface area (TPSA) is 127 Å². The van der Waals surface area contributed by atoms with Crippen LogP contribution in [-0.4, -0.2) is 59.3 Å². The van der Waals surface area contributed by atoms with Crippen LogP contribution in [0.15, 0.2) is 48.5 Å². The Bertz CT molecular complexity index is 1210. The molecule has 10 nitrogen and oxygen atoms in total. The molecule has 10 heteroatoms. The lowest BCUT2D eigenvalue weighted by atomic mass is 10.1. The number of aromatic nitrogens is 3. The van der Waals surface area contributed by atoms with E-state index < -0.39 is 11.9 Å². The highest BCUT2D eigenvalue weighted by molar-refractivity contribution is 6.02. The summed E-state index contributed by atoms with van der Waals surface area (Å²) in [6.07, 6.45) is 1.22. The number of carbonyl (C=O) groups is 3. The second-order valence-corrected chi connectivity index (χ2v) is 8.11. The molecule has 0 fully saturated rings. The molecule has 0 saturated heterocycles. The molecule has 2 aromatic carbocycles. The maximum Gasteiger partial charge on any atom is 0.306 e. The number of ether oxygens (including phenoxy) is 2.